The Labute approximate surface area is 107 Å². The molecule has 0 radical (unpaired) electrons. The average Bonchev–Trinajstić information content (AvgIpc) is 2.81. The van der Waals surface area contributed by atoms with Crippen molar-refractivity contribution < 1.29 is 4.21 Å². The molecule has 0 spiro atoms. The lowest BCUT2D eigenvalue weighted by molar-refractivity contribution is 0.340. The zero-order valence-electron chi connectivity index (χ0n) is 10.7. The fraction of sp³-hybridized carbons (Fsp3) is 0.929. The summed E-state index contributed by atoms with van der Waals surface area (Å²) in [6.07, 6.45) is 8.22. The molecule has 2 nitrogen and oxygen atoms in total. The predicted octanol–water partition coefficient (Wildman–Crippen LogP) is 3.25. The molecule has 4 unspecified atom stereocenters. The van der Waals surface area contributed by atoms with Crippen LogP contribution in [0.5, 0.6) is 0 Å². The highest BCUT2D eigenvalue weighted by molar-refractivity contribution is 7.85. The quantitative estimate of drug-likeness (QED) is 0.774. The molecule has 0 aromatic carbocycles. The third-order valence-corrected chi connectivity index (χ3v) is 6.43. The summed E-state index contributed by atoms with van der Waals surface area (Å²) in [4.78, 5) is 0. The molecule has 2 fully saturated rings. The van der Waals surface area contributed by atoms with Gasteiger partial charge >= 0.3 is 0 Å². The van der Waals surface area contributed by atoms with Gasteiger partial charge in [0, 0.05) is 16.6 Å². The van der Waals surface area contributed by atoms with Crippen LogP contribution in [0.3, 0.4) is 0 Å². The lowest BCUT2D eigenvalue weighted by atomic mass is 9.83. The Hall–Kier alpha value is -0.360. The van der Waals surface area contributed by atoms with Crippen molar-refractivity contribution in [2.75, 3.05) is 5.75 Å². The van der Waals surface area contributed by atoms with E-state index in [1.54, 1.807) is 0 Å². The summed E-state index contributed by atoms with van der Waals surface area (Å²) in [5, 5.41) is 9.33. The number of rotatable bonds is 3. The maximum Gasteiger partial charge on any atom is 0.0668 e. The van der Waals surface area contributed by atoms with Crippen molar-refractivity contribution in [1.82, 2.24) is 0 Å². The van der Waals surface area contributed by atoms with Crippen LogP contribution >= 0.6 is 0 Å². The first kappa shape index (κ1) is 13.1. The van der Waals surface area contributed by atoms with Gasteiger partial charge in [0.1, 0.15) is 0 Å². The van der Waals surface area contributed by atoms with Crippen molar-refractivity contribution in [1.29, 1.82) is 5.26 Å². The Morgan fingerprint density at radius 3 is 2.59 bits per heavy atom. The monoisotopic (exact) mass is 253 g/mol. The van der Waals surface area contributed by atoms with Crippen LogP contribution < -0.4 is 0 Å². The van der Waals surface area contributed by atoms with Gasteiger partial charge in [0.25, 0.3) is 0 Å². The molecule has 4 atom stereocenters. The maximum atomic E-state index is 12.4. The second-order valence-electron chi connectivity index (χ2n) is 5.89. The lowest BCUT2D eigenvalue weighted by Gasteiger charge is -2.30. The molecular formula is C14H23NOS. The Morgan fingerprint density at radius 1 is 1.24 bits per heavy atom. The number of nitrogens with zero attached hydrogens (tertiary/aromatic N) is 1. The van der Waals surface area contributed by atoms with Crippen molar-refractivity contribution in [3.63, 3.8) is 0 Å². The largest absolute Gasteiger partial charge is 0.259 e. The molecule has 0 saturated heterocycles. The maximum absolute atomic E-state index is 12.4. The van der Waals surface area contributed by atoms with E-state index in [9.17, 15) is 9.47 Å². The van der Waals surface area contributed by atoms with E-state index in [-0.39, 0.29) is 11.2 Å². The first-order valence-corrected chi connectivity index (χ1v) is 8.35. The van der Waals surface area contributed by atoms with E-state index in [4.69, 9.17) is 0 Å². The fourth-order valence-corrected chi connectivity index (χ4v) is 5.45. The average molecular weight is 253 g/mol. The molecule has 2 aliphatic carbocycles. The van der Waals surface area contributed by atoms with E-state index in [0.29, 0.717) is 11.8 Å². The Balaban J connectivity index is 1.93. The van der Waals surface area contributed by atoms with Crippen molar-refractivity contribution in [3.8, 4) is 6.07 Å². The van der Waals surface area contributed by atoms with Gasteiger partial charge in [-0.3, -0.25) is 4.21 Å². The van der Waals surface area contributed by atoms with Gasteiger partial charge in [-0.25, -0.2) is 0 Å². The Kier molecular flexibility index (Phi) is 4.62. The molecule has 2 aliphatic rings. The molecule has 0 aromatic heterocycles. The summed E-state index contributed by atoms with van der Waals surface area (Å²) in [6, 6.07) is 2.39. The number of nitriles is 1. The smallest absolute Gasteiger partial charge is 0.0668 e. The van der Waals surface area contributed by atoms with Crippen LogP contribution in [0.1, 0.15) is 51.9 Å². The van der Waals surface area contributed by atoms with Gasteiger partial charge in [0.2, 0.25) is 0 Å². The predicted molar refractivity (Wildman–Crippen MR) is 70.9 cm³/mol. The highest BCUT2D eigenvalue weighted by Crippen LogP contribution is 2.34. The van der Waals surface area contributed by atoms with Gasteiger partial charge in [-0.2, -0.15) is 5.26 Å². The SMILES string of the molecule is CC1CCC(C#N)C(S(=O)CC2CCCC2)C1. The van der Waals surface area contributed by atoms with E-state index in [0.717, 1.165) is 25.0 Å². The summed E-state index contributed by atoms with van der Waals surface area (Å²) in [5.74, 6) is 2.23. The summed E-state index contributed by atoms with van der Waals surface area (Å²) in [7, 11) is -0.769. The van der Waals surface area contributed by atoms with E-state index in [2.05, 4.69) is 13.0 Å². The second kappa shape index (κ2) is 6.00. The van der Waals surface area contributed by atoms with E-state index < -0.39 is 10.8 Å². The fourth-order valence-electron chi connectivity index (χ4n) is 3.30. The third kappa shape index (κ3) is 3.31. The highest BCUT2D eigenvalue weighted by Gasteiger charge is 2.34. The molecule has 3 heteroatoms. The minimum absolute atomic E-state index is 0.0495. The molecule has 17 heavy (non-hydrogen) atoms. The van der Waals surface area contributed by atoms with Crippen molar-refractivity contribution in [3.05, 3.63) is 0 Å². The molecule has 0 amide bonds. The Morgan fingerprint density at radius 2 is 1.94 bits per heavy atom. The van der Waals surface area contributed by atoms with Crippen molar-refractivity contribution >= 4 is 10.8 Å². The number of hydrogen-bond donors (Lipinski definition) is 0. The van der Waals surface area contributed by atoms with E-state index >= 15 is 0 Å². The normalized spacial score (nSPS) is 36.6. The topological polar surface area (TPSA) is 40.9 Å². The van der Waals surface area contributed by atoms with Gasteiger partial charge < -0.3 is 0 Å². The molecule has 96 valence electrons. The molecule has 2 saturated carbocycles. The second-order valence-corrected chi connectivity index (χ2v) is 7.59. The highest BCUT2D eigenvalue weighted by atomic mass is 32.2. The summed E-state index contributed by atoms with van der Waals surface area (Å²) in [6.45, 7) is 2.23. The number of hydrogen-bond acceptors (Lipinski definition) is 2. The molecule has 0 bridgehead atoms. The van der Waals surface area contributed by atoms with E-state index in [1.807, 2.05) is 0 Å². The van der Waals surface area contributed by atoms with Crippen molar-refractivity contribution in [2.24, 2.45) is 17.8 Å². The molecule has 0 aliphatic heterocycles. The molecular weight excluding hydrogens is 230 g/mol. The van der Waals surface area contributed by atoms with Gasteiger partial charge in [-0.05, 0) is 43.9 Å². The van der Waals surface area contributed by atoms with Gasteiger partial charge in [0.05, 0.1) is 17.2 Å². The van der Waals surface area contributed by atoms with Crippen LogP contribution in [-0.4, -0.2) is 15.2 Å². The van der Waals surface area contributed by atoms with Crippen LogP contribution in [0.4, 0.5) is 0 Å². The standard InChI is InChI=1S/C14H23NOS/c1-11-6-7-13(9-15)14(8-11)17(16)10-12-4-2-3-5-12/h11-14H,2-8,10H2,1H3. The molecule has 0 heterocycles. The van der Waals surface area contributed by atoms with Crippen LogP contribution in [-0.2, 0) is 10.8 Å². The summed E-state index contributed by atoms with van der Waals surface area (Å²) in [5.41, 5.74) is 0. The summed E-state index contributed by atoms with van der Waals surface area (Å²) >= 11 is 0. The lowest BCUT2D eigenvalue weighted by Crippen LogP contribution is -2.33. The van der Waals surface area contributed by atoms with Gasteiger partial charge in [-0.15, -0.1) is 0 Å². The molecule has 2 rings (SSSR count). The van der Waals surface area contributed by atoms with Crippen molar-refractivity contribution in [2.45, 2.75) is 57.1 Å². The van der Waals surface area contributed by atoms with Crippen LogP contribution in [0.25, 0.3) is 0 Å². The minimum Gasteiger partial charge on any atom is -0.259 e. The van der Waals surface area contributed by atoms with Crippen LogP contribution in [0.15, 0.2) is 0 Å². The van der Waals surface area contributed by atoms with E-state index in [1.165, 1.54) is 25.7 Å². The third-order valence-electron chi connectivity index (χ3n) is 4.43. The van der Waals surface area contributed by atoms with Crippen LogP contribution in [0.2, 0.25) is 0 Å². The zero-order chi connectivity index (χ0) is 12.3. The van der Waals surface area contributed by atoms with Gasteiger partial charge in [-0.1, -0.05) is 19.8 Å². The van der Waals surface area contributed by atoms with Crippen LogP contribution in [0, 0.1) is 29.1 Å². The molecule has 0 aromatic rings. The summed E-state index contributed by atoms with van der Waals surface area (Å²) < 4.78 is 12.4. The van der Waals surface area contributed by atoms with Gasteiger partial charge in [0.15, 0.2) is 0 Å². The first-order valence-electron chi connectivity index (χ1n) is 6.97. The minimum atomic E-state index is -0.769. The Bertz CT molecular complexity index is 317. The zero-order valence-corrected chi connectivity index (χ0v) is 11.5. The molecule has 0 N–H and O–H groups in total. The first-order chi connectivity index (χ1) is 8.20.